The van der Waals surface area contributed by atoms with Gasteiger partial charge in [-0.1, -0.05) is 30.3 Å². The van der Waals surface area contributed by atoms with Crippen molar-refractivity contribution in [3.05, 3.63) is 78.1 Å². The first kappa shape index (κ1) is 26.3. The Morgan fingerprint density at radius 2 is 1.62 bits per heavy atom. The molecule has 0 atom stereocenters. The number of nitrogens with zero attached hydrogens (tertiary/aromatic N) is 3. The molecule has 1 aliphatic heterocycles. The summed E-state index contributed by atoms with van der Waals surface area (Å²) in [6, 6.07) is 17.3. The van der Waals surface area contributed by atoms with E-state index in [2.05, 4.69) is 20.2 Å². The molecule has 0 radical (unpaired) electrons. The van der Waals surface area contributed by atoms with Crippen molar-refractivity contribution in [1.29, 1.82) is 0 Å². The molecule has 0 saturated carbocycles. The number of benzene rings is 2. The lowest BCUT2D eigenvalue weighted by Crippen LogP contribution is -2.39. The number of ether oxygens (including phenoxy) is 2. The first-order chi connectivity index (χ1) is 17.7. The molecule has 3 aromatic rings. The number of likely N-dealkylation sites (tertiary alicyclic amines) is 1. The standard InChI is InChI=1S/C29H34N4O4/c1-29(2,3)37-27(35)22-14-17-33(18-15-22)16-13-21-9-11-24(12-10-21)32-26(34)23-19-30-28(31-20-23)36-25-7-5-4-6-8-25/h4-12,19-20,22H,13-18H2,1-3H3,(H,32,34). The van der Waals surface area contributed by atoms with Crippen LogP contribution in [0, 0.1) is 5.92 Å². The van der Waals surface area contributed by atoms with Gasteiger partial charge in [0.25, 0.3) is 5.91 Å². The van der Waals surface area contributed by atoms with E-state index in [0.29, 0.717) is 17.0 Å². The van der Waals surface area contributed by atoms with E-state index < -0.39 is 5.60 Å². The van der Waals surface area contributed by atoms with Crippen LogP contribution in [0.3, 0.4) is 0 Å². The fraction of sp³-hybridized carbons (Fsp3) is 0.379. The summed E-state index contributed by atoms with van der Waals surface area (Å²) in [5.41, 5.74) is 1.81. The number of para-hydroxylation sites is 1. The van der Waals surface area contributed by atoms with Gasteiger partial charge in [0, 0.05) is 24.6 Å². The van der Waals surface area contributed by atoms with E-state index in [1.165, 1.54) is 18.0 Å². The van der Waals surface area contributed by atoms with Crippen LogP contribution in [-0.4, -0.2) is 52.0 Å². The van der Waals surface area contributed by atoms with Gasteiger partial charge in [0.15, 0.2) is 0 Å². The summed E-state index contributed by atoms with van der Waals surface area (Å²) in [6.07, 6.45) is 5.47. The molecule has 2 aromatic carbocycles. The molecule has 4 rings (SSSR count). The zero-order valence-electron chi connectivity index (χ0n) is 21.6. The molecule has 0 unspecified atom stereocenters. The monoisotopic (exact) mass is 502 g/mol. The molecule has 0 aliphatic carbocycles. The molecule has 8 nitrogen and oxygen atoms in total. The molecule has 1 fully saturated rings. The van der Waals surface area contributed by atoms with Gasteiger partial charge in [0.2, 0.25) is 0 Å². The number of carbonyl (C=O) groups is 2. The minimum Gasteiger partial charge on any atom is -0.460 e. The van der Waals surface area contributed by atoms with Crippen molar-refractivity contribution in [3.63, 3.8) is 0 Å². The second-order valence-corrected chi connectivity index (χ2v) is 10.2. The normalized spacial score (nSPS) is 14.7. The molecule has 1 N–H and O–H groups in total. The molecule has 0 spiro atoms. The van der Waals surface area contributed by atoms with Crippen LogP contribution in [0.5, 0.6) is 11.8 Å². The largest absolute Gasteiger partial charge is 0.460 e. The van der Waals surface area contributed by atoms with E-state index in [1.807, 2.05) is 75.4 Å². The topological polar surface area (TPSA) is 93.7 Å². The van der Waals surface area contributed by atoms with Gasteiger partial charge < -0.3 is 19.7 Å². The molecule has 1 saturated heterocycles. The fourth-order valence-corrected chi connectivity index (χ4v) is 4.10. The summed E-state index contributed by atoms with van der Waals surface area (Å²) in [5.74, 6) is 0.265. The van der Waals surface area contributed by atoms with Crippen LogP contribution in [-0.2, 0) is 16.0 Å². The van der Waals surface area contributed by atoms with Crippen LogP contribution in [0.25, 0.3) is 0 Å². The zero-order chi connectivity index (χ0) is 26.3. The minimum atomic E-state index is -0.435. The minimum absolute atomic E-state index is 0.00337. The Labute approximate surface area is 218 Å². The van der Waals surface area contributed by atoms with Gasteiger partial charge in [-0.15, -0.1) is 0 Å². The molecule has 1 aliphatic rings. The lowest BCUT2D eigenvalue weighted by Gasteiger charge is -2.32. The number of piperidine rings is 1. The highest BCUT2D eigenvalue weighted by molar-refractivity contribution is 6.03. The number of esters is 1. The van der Waals surface area contributed by atoms with Gasteiger partial charge >= 0.3 is 12.0 Å². The number of carbonyl (C=O) groups excluding carboxylic acids is 2. The molecule has 8 heteroatoms. The third-order valence-corrected chi connectivity index (χ3v) is 6.10. The van der Waals surface area contributed by atoms with Gasteiger partial charge in [-0.25, -0.2) is 9.97 Å². The maximum Gasteiger partial charge on any atom is 0.321 e. The van der Waals surface area contributed by atoms with Crippen molar-refractivity contribution in [1.82, 2.24) is 14.9 Å². The van der Waals surface area contributed by atoms with Gasteiger partial charge in [0.1, 0.15) is 11.4 Å². The number of nitrogens with one attached hydrogen (secondary N) is 1. The van der Waals surface area contributed by atoms with E-state index in [0.717, 1.165) is 38.9 Å². The van der Waals surface area contributed by atoms with Gasteiger partial charge in [0.05, 0.1) is 11.5 Å². The van der Waals surface area contributed by atoms with E-state index in [4.69, 9.17) is 9.47 Å². The number of amides is 1. The number of hydrogen-bond acceptors (Lipinski definition) is 7. The predicted octanol–water partition coefficient (Wildman–Crippen LogP) is 5.12. The second-order valence-electron chi connectivity index (χ2n) is 10.2. The van der Waals surface area contributed by atoms with E-state index in [9.17, 15) is 9.59 Å². The van der Waals surface area contributed by atoms with E-state index >= 15 is 0 Å². The molecular weight excluding hydrogens is 468 g/mol. The molecule has 194 valence electrons. The first-order valence-corrected chi connectivity index (χ1v) is 12.7. The number of anilines is 1. The summed E-state index contributed by atoms with van der Waals surface area (Å²) in [7, 11) is 0. The van der Waals surface area contributed by atoms with E-state index in [-0.39, 0.29) is 23.8 Å². The quantitative estimate of drug-likeness (QED) is 0.428. The number of aromatic nitrogens is 2. The molecule has 1 amide bonds. The zero-order valence-corrected chi connectivity index (χ0v) is 21.6. The second kappa shape index (κ2) is 12.0. The van der Waals surface area contributed by atoms with Crippen molar-refractivity contribution < 1.29 is 19.1 Å². The molecule has 2 heterocycles. The van der Waals surface area contributed by atoms with Crippen LogP contribution in [0.1, 0.15) is 49.5 Å². The van der Waals surface area contributed by atoms with Crippen molar-refractivity contribution in [2.45, 2.75) is 45.6 Å². The Hall–Kier alpha value is -3.78. The van der Waals surface area contributed by atoms with Crippen LogP contribution in [0.2, 0.25) is 0 Å². The Bertz CT molecular complexity index is 1170. The third kappa shape index (κ3) is 8.11. The van der Waals surface area contributed by atoms with Gasteiger partial charge in [-0.3, -0.25) is 9.59 Å². The molecule has 37 heavy (non-hydrogen) atoms. The number of rotatable bonds is 8. The molecule has 0 bridgehead atoms. The molecular formula is C29H34N4O4. The maximum absolute atomic E-state index is 12.6. The van der Waals surface area contributed by atoms with Crippen LogP contribution >= 0.6 is 0 Å². The maximum atomic E-state index is 12.6. The first-order valence-electron chi connectivity index (χ1n) is 12.7. The van der Waals surface area contributed by atoms with Gasteiger partial charge in [-0.05, 0) is 83.0 Å². The lowest BCUT2D eigenvalue weighted by molar-refractivity contribution is -0.161. The summed E-state index contributed by atoms with van der Waals surface area (Å²) >= 11 is 0. The summed E-state index contributed by atoms with van der Waals surface area (Å²) in [5, 5.41) is 2.88. The van der Waals surface area contributed by atoms with Crippen LogP contribution < -0.4 is 10.1 Å². The summed E-state index contributed by atoms with van der Waals surface area (Å²) in [6.45, 7) is 8.45. The van der Waals surface area contributed by atoms with E-state index in [1.54, 1.807) is 0 Å². The Balaban J connectivity index is 1.20. The van der Waals surface area contributed by atoms with Crippen molar-refractivity contribution in [2.24, 2.45) is 5.92 Å². The van der Waals surface area contributed by atoms with Crippen LogP contribution in [0.15, 0.2) is 67.0 Å². The molecule has 1 aromatic heterocycles. The third-order valence-electron chi connectivity index (χ3n) is 6.10. The summed E-state index contributed by atoms with van der Waals surface area (Å²) in [4.78, 5) is 35.5. The summed E-state index contributed by atoms with van der Waals surface area (Å²) < 4.78 is 11.1. The SMILES string of the molecule is CC(C)(C)OC(=O)C1CCN(CCc2ccc(NC(=O)c3cnc(Oc4ccccc4)nc3)cc2)CC1. The highest BCUT2D eigenvalue weighted by atomic mass is 16.6. The van der Waals surface area contributed by atoms with Crippen molar-refractivity contribution >= 4 is 17.6 Å². The Morgan fingerprint density at radius 1 is 0.973 bits per heavy atom. The van der Waals surface area contributed by atoms with Crippen molar-refractivity contribution in [3.8, 4) is 11.8 Å². The Morgan fingerprint density at radius 3 is 2.24 bits per heavy atom. The highest BCUT2D eigenvalue weighted by Gasteiger charge is 2.28. The fourth-order valence-electron chi connectivity index (χ4n) is 4.10. The average molecular weight is 503 g/mol. The Kier molecular flexibility index (Phi) is 8.50. The predicted molar refractivity (Wildman–Crippen MR) is 142 cm³/mol. The lowest BCUT2D eigenvalue weighted by atomic mass is 9.96. The number of hydrogen-bond donors (Lipinski definition) is 1. The van der Waals surface area contributed by atoms with Crippen LogP contribution in [0.4, 0.5) is 5.69 Å². The highest BCUT2D eigenvalue weighted by Crippen LogP contribution is 2.22. The average Bonchev–Trinajstić information content (AvgIpc) is 2.88. The van der Waals surface area contributed by atoms with Crippen molar-refractivity contribution in [2.75, 3.05) is 25.0 Å². The van der Waals surface area contributed by atoms with Gasteiger partial charge in [-0.2, -0.15) is 0 Å². The smallest absolute Gasteiger partial charge is 0.321 e.